The predicted octanol–water partition coefficient (Wildman–Crippen LogP) is 1.44. The van der Waals surface area contributed by atoms with Crippen molar-refractivity contribution < 1.29 is 14.6 Å². The second kappa shape index (κ2) is 5.19. The molecule has 1 saturated carbocycles. The van der Waals surface area contributed by atoms with E-state index in [-0.39, 0.29) is 24.0 Å². The molecule has 1 aliphatic rings. The van der Waals surface area contributed by atoms with Crippen molar-refractivity contribution in [3.63, 3.8) is 0 Å². The highest BCUT2D eigenvalue weighted by atomic mass is 32.1. The first-order valence-corrected chi connectivity index (χ1v) is 7.34. The van der Waals surface area contributed by atoms with E-state index in [1.807, 2.05) is 20.8 Å². The highest BCUT2D eigenvalue weighted by Gasteiger charge is 2.61. The number of hydrogen-bond acceptors (Lipinski definition) is 5. The van der Waals surface area contributed by atoms with E-state index in [0.29, 0.717) is 18.7 Å². The van der Waals surface area contributed by atoms with Gasteiger partial charge in [-0.3, -0.25) is 4.79 Å². The van der Waals surface area contributed by atoms with Crippen molar-refractivity contribution in [2.24, 2.45) is 5.41 Å². The van der Waals surface area contributed by atoms with Gasteiger partial charge in [0.1, 0.15) is 5.69 Å². The molecule has 0 aliphatic heterocycles. The summed E-state index contributed by atoms with van der Waals surface area (Å²) in [6, 6.07) is 0. The van der Waals surface area contributed by atoms with Crippen molar-refractivity contribution in [2.45, 2.75) is 38.8 Å². The number of carbonyl (C=O) groups excluding carboxylic acids is 1. The molecule has 2 rings (SSSR count). The van der Waals surface area contributed by atoms with Crippen LogP contribution in [0.4, 0.5) is 0 Å². The molecule has 19 heavy (non-hydrogen) atoms. The summed E-state index contributed by atoms with van der Waals surface area (Å²) in [6.07, 6.45) is 0.681. The third-order valence-corrected chi connectivity index (χ3v) is 4.81. The molecule has 1 aliphatic carbocycles. The minimum Gasteiger partial charge on any atom is -0.394 e. The first-order chi connectivity index (χ1) is 8.97. The highest BCUT2D eigenvalue weighted by Crippen LogP contribution is 2.51. The Morgan fingerprint density at radius 3 is 2.89 bits per heavy atom. The molecule has 1 aromatic rings. The number of thiazole rings is 1. The number of hydrogen-bond donors (Lipinski definition) is 2. The molecule has 0 unspecified atom stereocenters. The van der Waals surface area contributed by atoms with Gasteiger partial charge in [-0.25, -0.2) is 4.98 Å². The van der Waals surface area contributed by atoms with Crippen molar-refractivity contribution in [1.29, 1.82) is 0 Å². The van der Waals surface area contributed by atoms with Gasteiger partial charge >= 0.3 is 0 Å². The Hall–Kier alpha value is -0.980. The molecule has 106 valence electrons. The van der Waals surface area contributed by atoms with Crippen LogP contribution < -0.4 is 5.32 Å². The van der Waals surface area contributed by atoms with Crippen LogP contribution in [0, 0.1) is 5.41 Å². The number of rotatable bonds is 5. The molecule has 2 atom stereocenters. The summed E-state index contributed by atoms with van der Waals surface area (Å²) in [4.78, 5) is 16.1. The lowest BCUT2D eigenvalue weighted by Crippen LogP contribution is -2.74. The Labute approximate surface area is 117 Å². The van der Waals surface area contributed by atoms with Crippen LogP contribution in [0.2, 0.25) is 0 Å². The third-order valence-electron chi connectivity index (χ3n) is 4.23. The van der Waals surface area contributed by atoms with Crippen LogP contribution >= 0.6 is 11.3 Å². The molecule has 1 fully saturated rings. The molecule has 1 aromatic heterocycles. The number of nitrogens with zero attached hydrogens (tertiary/aromatic N) is 1. The molecule has 6 heteroatoms. The monoisotopic (exact) mass is 284 g/mol. The maximum absolute atomic E-state index is 12.1. The van der Waals surface area contributed by atoms with Crippen LogP contribution in [0.5, 0.6) is 0 Å². The quantitative estimate of drug-likeness (QED) is 0.858. The molecule has 1 heterocycles. The summed E-state index contributed by atoms with van der Waals surface area (Å²) in [7, 11) is 0. The zero-order valence-electron chi connectivity index (χ0n) is 11.5. The number of carbonyl (C=O) groups is 1. The zero-order chi connectivity index (χ0) is 14.1. The van der Waals surface area contributed by atoms with E-state index >= 15 is 0 Å². The van der Waals surface area contributed by atoms with Crippen molar-refractivity contribution in [3.05, 3.63) is 16.6 Å². The van der Waals surface area contributed by atoms with Crippen molar-refractivity contribution in [3.8, 4) is 0 Å². The summed E-state index contributed by atoms with van der Waals surface area (Å²) in [5.41, 5.74) is 1.08. The number of aliphatic hydroxyl groups is 1. The van der Waals surface area contributed by atoms with E-state index in [4.69, 9.17) is 4.74 Å². The average molecular weight is 284 g/mol. The first kappa shape index (κ1) is 14.4. The van der Waals surface area contributed by atoms with Crippen LogP contribution in [0.25, 0.3) is 0 Å². The first-order valence-electron chi connectivity index (χ1n) is 6.40. The fourth-order valence-electron chi connectivity index (χ4n) is 2.61. The fourth-order valence-corrected chi connectivity index (χ4v) is 3.14. The molecule has 2 N–H and O–H groups in total. The molecule has 0 aromatic carbocycles. The van der Waals surface area contributed by atoms with E-state index in [0.717, 1.165) is 0 Å². The van der Waals surface area contributed by atoms with Crippen LogP contribution in [-0.2, 0) is 4.74 Å². The molecule has 1 amide bonds. The molecule has 0 radical (unpaired) electrons. The Kier molecular flexibility index (Phi) is 3.94. The zero-order valence-corrected chi connectivity index (χ0v) is 12.3. The number of amides is 1. The normalized spacial score (nSPS) is 28.7. The predicted molar refractivity (Wildman–Crippen MR) is 73.2 cm³/mol. The largest absolute Gasteiger partial charge is 0.394 e. The average Bonchev–Trinajstić information content (AvgIpc) is 2.90. The maximum Gasteiger partial charge on any atom is 0.271 e. The van der Waals surface area contributed by atoms with Gasteiger partial charge in [0.2, 0.25) is 0 Å². The number of aliphatic hydroxyl groups excluding tert-OH is 1. The minimum atomic E-state index is -0.631. The molecule has 0 bridgehead atoms. The van der Waals surface area contributed by atoms with Crippen LogP contribution in [0.3, 0.4) is 0 Å². The van der Waals surface area contributed by atoms with Gasteiger partial charge in [0.25, 0.3) is 5.91 Å². The molecule has 0 spiro atoms. The second-order valence-corrected chi connectivity index (χ2v) is 6.16. The standard InChI is InChI=1S/C13H20N2O3S/c1-4-18-10-5-13(7-16,12(10,2)3)15-11(17)9-6-19-8-14-9/h6,8,10,16H,4-5,7H2,1-3H3,(H,15,17)/t10-,13-/m1/s1. The molecular formula is C13H20N2O3S. The number of nitrogens with one attached hydrogen (secondary N) is 1. The molecular weight excluding hydrogens is 264 g/mol. The Morgan fingerprint density at radius 2 is 2.42 bits per heavy atom. The highest BCUT2D eigenvalue weighted by molar-refractivity contribution is 7.07. The van der Waals surface area contributed by atoms with Gasteiger partial charge in [-0.1, -0.05) is 13.8 Å². The molecule has 0 saturated heterocycles. The van der Waals surface area contributed by atoms with Gasteiger partial charge in [-0.2, -0.15) is 0 Å². The third kappa shape index (κ3) is 2.28. The number of aromatic nitrogens is 1. The van der Waals surface area contributed by atoms with Gasteiger partial charge in [0.15, 0.2) is 0 Å². The van der Waals surface area contributed by atoms with Crippen LogP contribution in [0.15, 0.2) is 10.9 Å². The van der Waals surface area contributed by atoms with Gasteiger partial charge in [-0.05, 0) is 6.92 Å². The van der Waals surface area contributed by atoms with Crippen molar-refractivity contribution >= 4 is 17.2 Å². The summed E-state index contributed by atoms with van der Waals surface area (Å²) < 4.78 is 5.65. The summed E-state index contributed by atoms with van der Waals surface area (Å²) >= 11 is 1.38. The van der Waals surface area contributed by atoms with E-state index < -0.39 is 5.54 Å². The lowest BCUT2D eigenvalue weighted by molar-refractivity contribution is -0.172. The fraction of sp³-hybridized carbons (Fsp3) is 0.692. The maximum atomic E-state index is 12.1. The molecule has 5 nitrogen and oxygen atoms in total. The summed E-state index contributed by atoms with van der Waals surface area (Å²) in [6.45, 7) is 6.50. The lowest BCUT2D eigenvalue weighted by atomic mass is 9.54. The van der Waals surface area contributed by atoms with Gasteiger partial charge < -0.3 is 15.2 Å². The Balaban J connectivity index is 2.11. The Bertz CT molecular complexity index is 447. The number of ether oxygens (including phenoxy) is 1. The van der Waals surface area contributed by atoms with Crippen molar-refractivity contribution in [1.82, 2.24) is 10.3 Å². The van der Waals surface area contributed by atoms with E-state index in [2.05, 4.69) is 10.3 Å². The van der Waals surface area contributed by atoms with E-state index in [1.165, 1.54) is 11.3 Å². The lowest BCUT2D eigenvalue weighted by Gasteiger charge is -2.60. The van der Waals surface area contributed by atoms with E-state index in [1.54, 1.807) is 10.9 Å². The van der Waals surface area contributed by atoms with Crippen molar-refractivity contribution in [2.75, 3.05) is 13.2 Å². The smallest absolute Gasteiger partial charge is 0.271 e. The van der Waals surface area contributed by atoms with Gasteiger partial charge in [0, 0.05) is 23.8 Å². The van der Waals surface area contributed by atoms with Crippen LogP contribution in [-0.4, -0.2) is 40.9 Å². The minimum absolute atomic E-state index is 0.0559. The topological polar surface area (TPSA) is 71.5 Å². The van der Waals surface area contributed by atoms with E-state index in [9.17, 15) is 9.90 Å². The second-order valence-electron chi connectivity index (χ2n) is 5.44. The SMILES string of the molecule is CCO[C@@H]1C[C@](CO)(NC(=O)c2cscn2)C1(C)C. The summed E-state index contributed by atoms with van der Waals surface area (Å²) in [5, 5.41) is 14.4. The Morgan fingerprint density at radius 1 is 1.68 bits per heavy atom. The van der Waals surface area contributed by atoms with Gasteiger partial charge in [-0.15, -0.1) is 11.3 Å². The van der Waals surface area contributed by atoms with Gasteiger partial charge in [0.05, 0.1) is 23.8 Å². The summed E-state index contributed by atoms with van der Waals surface area (Å²) in [5.74, 6) is -0.238. The van der Waals surface area contributed by atoms with Crippen LogP contribution in [0.1, 0.15) is 37.7 Å².